The van der Waals surface area contributed by atoms with Gasteiger partial charge in [0, 0.05) is 5.56 Å². The lowest BCUT2D eigenvalue weighted by Crippen LogP contribution is -2.00. The quantitative estimate of drug-likeness (QED) is 0.753. The average Bonchev–Trinajstić information content (AvgIpc) is 2.26. The Balaban J connectivity index is 3.28. The van der Waals surface area contributed by atoms with Crippen molar-refractivity contribution in [2.24, 2.45) is 0 Å². The highest BCUT2D eigenvalue weighted by molar-refractivity contribution is 5.50. The Morgan fingerprint density at radius 2 is 1.87 bits per heavy atom. The van der Waals surface area contributed by atoms with Crippen LogP contribution in [0.1, 0.15) is 37.3 Å². The zero-order chi connectivity index (χ0) is 11.4. The van der Waals surface area contributed by atoms with E-state index >= 15 is 0 Å². The summed E-state index contributed by atoms with van der Waals surface area (Å²) in [5, 5.41) is 0. The van der Waals surface area contributed by atoms with Gasteiger partial charge in [0.2, 0.25) is 0 Å². The van der Waals surface area contributed by atoms with E-state index in [0.717, 1.165) is 17.9 Å². The fraction of sp³-hybridized carbons (Fsp3) is 0.538. The molecule has 0 saturated carbocycles. The van der Waals surface area contributed by atoms with Crippen LogP contribution < -0.4 is 9.47 Å². The fourth-order valence-corrected chi connectivity index (χ4v) is 1.72. The smallest absolute Gasteiger partial charge is 0.164 e. The Hall–Kier alpha value is -1.18. The van der Waals surface area contributed by atoms with Crippen LogP contribution in [0.2, 0.25) is 0 Å². The molecule has 0 N–H and O–H groups in total. The molecular formula is C13H20O2. The van der Waals surface area contributed by atoms with Crippen molar-refractivity contribution in [3.05, 3.63) is 23.3 Å². The molecule has 0 saturated heterocycles. The van der Waals surface area contributed by atoms with E-state index < -0.39 is 0 Å². The van der Waals surface area contributed by atoms with Crippen molar-refractivity contribution in [1.29, 1.82) is 0 Å². The Bertz CT molecular complexity index is 332. The first kappa shape index (κ1) is 11.9. The summed E-state index contributed by atoms with van der Waals surface area (Å²) in [6, 6.07) is 4.18. The topological polar surface area (TPSA) is 18.5 Å². The third-order valence-corrected chi connectivity index (χ3v) is 2.80. The predicted molar refractivity (Wildman–Crippen MR) is 63.0 cm³/mol. The minimum Gasteiger partial charge on any atom is -0.493 e. The molecule has 15 heavy (non-hydrogen) atoms. The molecule has 0 aliphatic heterocycles. The summed E-state index contributed by atoms with van der Waals surface area (Å²) in [5.74, 6) is 2.19. The molecule has 0 fully saturated rings. The van der Waals surface area contributed by atoms with Gasteiger partial charge >= 0.3 is 0 Å². The molecule has 0 spiro atoms. The van der Waals surface area contributed by atoms with Crippen LogP contribution in [0.5, 0.6) is 11.5 Å². The van der Waals surface area contributed by atoms with Crippen LogP contribution in [0, 0.1) is 6.92 Å². The molecule has 1 unspecified atom stereocenters. The first-order chi connectivity index (χ1) is 7.13. The molecular weight excluding hydrogens is 188 g/mol. The van der Waals surface area contributed by atoms with Gasteiger partial charge in [-0.25, -0.2) is 0 Å². The van der Waals surface area contributed by atoms with Gasteiger partial charge in [-0.15, -0.1) is 0 Å². The van der Waals surface area contributed by atoms with Gasteiger partial charge in [-0.1, -0.05) is 19.9 Å². The van der Waals surface area contributed by atoms with E-state index in [1.807, 2.05) is 6.07 Å². The zero-order valence-electron chi connectivity index (χ0n) is 10.3. The number of methoxy groups -OCH3 is 2. The number of ether oxygens (including phenoxy) is 2. The number of benzene rings is 1. The third kappa shape index (κ3) is 2.44. The second kappa shape index (κ2) is 5.06. The van der Waals surface area contributed by atoms with Gasteiger partial charge in [-0.2, -0.15) is 0 Å². The summed E-state index contributed by atoms with van der Waals surface area (Å²) in [7, 11) is 3.37. The van der Waals surface area contributed by atoms with Crippen LogP contribution in [-0.2, 0) is 0 Å². The monoisotopic (exact) mass is 208 g/mol. The highest BCUT2D eigenvalue weighted by Gasteiger charge is 2.15. The summed E-state index contributed by atoms with van der Waals surface area (Å²) in [6.45, 7) is 6.46. The second-order valence-electron chi connectivity index (χ2n) is 3.90. The molecule has 84 valence electrons. The summed E-state index contributed by atoms with van der Waals surface area (Å²) >= 11 is 0. The van der Waals surface area contributed by atoms with Gasteiger partial charge in [0.15, 0.2) is 11.5 Å². The highest BCUT2D eigenvalue weighted by Crippen LogP contribution is 2.37. The molecule has 0 aliphatic carbocycles. The molecule has 1 aromatic carbocycles. The van der Waals surface area contributed by atoms with E-state index in [-0.39, 0.29) is 0 Å². The molecule has 1 atom stereocenters. The molecule has 0 amide bonds. The molecule has 1 aromatic rings. The Kier molecular flexibility index (Phi) is 4.01. The van der Waals surface area contributed by atoms with Gasteiger partial charge in [-0.05, 0) is 30.9 Å². The lowest BCUT2D eigenvalue weighted by Gasteiger charge is -2.17. The van der Waals surface area contributed by atoms with Gasteiger partial charge in [0.25, 0.3) is 0 Å². The summed E-state index contributed by atoms with van der Waals surface area (Å²) in [5.41, 5.74) is 2.44. The highest BCUT2D eigenvalue weighted by atomic mass is 16.5. The van der Waals surface area contributed by atoms with Crippen LogP contribution in [0.3, 0.4) is 0 Å². The standard InChI is InChI=1S/C13H20O2/c1-6-10(3)11-7-9(2)8-12(14-4)13(11)15-5/h7-8,10H,6H2,1-5H3. The van der Waals surface area contributed by atoms with Crippen LogP contribution in [0.4, 0.5) is 0 Å². The van der Waals surface area contributed by atoms with E-state index in [0.29, 0.717) is 5.92 Å². The molecule has 0 heterocycles. The minimum absolute atomic E-state index is 0.494. The molecule has 0 bridgehead atoms. The van der Waals surface area contributed by atoms with E-state index in [2.05, 4.69) is 26.8 Å². The molecule has 0 radical (unpaired) electrons. The summed E-state index contributed by atoms with van der Waals surface area (Å²) in [4.78, 5) is 0. The Morgan fingerprint density at radius 1 is 1.20 bits per heavy atom. The second-order valence-corrected chi connectivity index (χ2v) is 3.90. The van der Waals surface area contributed by atoms with Crippen LogP contribution in [0.25, 0.3) is 0 Å². The van der Waals surface area contributed by atoms with Crippen LogP contribution >= 0.6 is 0 Å². The van der Waals surface area contributed by atoms with Crippen molar-refractivity contribution >= 4 is 0 Å². The van der Waals surface area contributed by atoms with Gasteiger partial charge < -0.3 is 9.47 Å². The minimum atomic E-state index is 0.494. The van der Waals surface area contributed by atoms with E-state index in [1.54, 1.807) is 14.2 Å². The zero-order valence-corrected chi connectivity index (χ0v) is 10.3. The number of rotatable bonds is 4. The maximum absolute atomic E-state index is 5.42. The number of hydrogen-bond acceptors (Lipinski definition) is 2. The normalized spacial score (nSPS) is 12.3. The van der Waals surface area contributed by atoms with Crippen LogP contribution in [0.15, 0.2) is 12.1 Å². The molecule has 0 aromatic heterocycles. The molecule has 2 nitrogen and oxygen atoms in total. The summed E-state index contributed by atoms with van der Waals surface area (Å²) < 4.78 is 10.7. The number of aryl methyl sites for hydroxylation is 1. The van der Waals surface area contributed by atoms with Crippen molar-refractivity contribution in [1.82, 2.24) is 0 Å². The Morgan fingerprint density at radius 3 is 2.33 bits per heavy atom. The SMILES string of the molecule is CCC(C)c1cc(C)cc(OC)c1OC. The lowest BCUT2D eigenvalue weighted by atomic mass is 9.95. The first-order valence-corrected chi connectivity index (χ1v) is 5.36. The average molecular weight is 208 g/mol. The molecule has 1 rings (SSSR count). The predicted octanol–water partition coefficient (Wildman–Crippen LogP) is 3.53. The first-order valence-electron chi connectivity index (χ1n) is 5.36. The Labute approximate surface area is 92.2 Å². The fourth-order valence-electron chi connectivity index (χ4n) is 1.72. The van der Waals surface area contributed by atoms with Crippen LogP contribution in [-0.4, -0.2) is 14.2 Å². The lowest BCUT2D eigenvalue weighted by molar-refractivity contribution is 0.349. The van der Waals surface area contributed by atoms with E-state index in [1.165, 1.54) is 11.1 Å². The van der Waals surface area contributed by atoms with E-state index in [4.69, 9.17) is 9.47 Å². The number of hydrogen-bond donors (Lipinski definition) is 0. The van der Waals surface area contributed by atoms with Crippen molar-refractivity contribution in [3.63, 3.8) is 0 Å². The molecule has 0 aliphatic rings. The van der Waals surface area contributed by atoms with Gasteiger partial charge in [0.1, 0.15) is 0 Å². The molecule has 2 heteroatoms. The third-order valence-electron chi connectivity index (χ3n) is 2.80. The van der Waals surface area contributed by atoms with Gasteiger partial charge in [-0.3, -0.25) is 0 Å². The maximum atomic E-state index is 5.42. The van der Waals surface area contributed by atoms with Crippen molar-refractivity contribution in [2.75, 3.05) is 14.2 Å². The van der Waals surface area contributed by atoms with Crippen molar-refractivity contribution in [3.8, 4) is 11.5 Å². The van der Waals surface area contributed by atoms with Gasteiger partial charge in [0.05, 0.1) is 14.2 Å². The van der Waals surface area contributed by atoms with E-state index in [9.17, 15) is 0 Å². The largest absolute Gasteiger partial charge is 0.493 e. The van der Waals surface area contributed by atoms with Crippen molar-refractivity contribution < 1.29 is 9.47 Å². The van der Waals surface area contributed by atoms with Crippen molar-refractivity contribution in [2.45, 2.75) is 33.1 Å². The maximum Gasteiger partial charge on any atom is 0.164 e. The summed E-state index contributed by atoms with van der Waals surface area (Å²) in [6.07, 6.45) is 1.10.